The van der Waals surface area contributed by atoms with E-state index in [0.29, 0.717) is 13.2 Å². The monoisotopic (exact) mass is 281 g/mol. The average molecular weight is 281 g/mol. The van der Waals surface area contributed by atoms with Crippen LogP contribution in [0.3, 0.4) is 0 Å². The first-order valence-electron chi connectivity index (χ1n) is 6.96. The van der Waals surface area contributed by atoms with E-state index >= 15 is 0 Å². The molecule has 0 rings (SSSR count). The summed E-state index contributed by atoms with van der Waals surface area (Å²) in [6.45, 7) is 10.2. The predicted molar refractivity (Wildman–Crippen MR) is 82.8 cm³/mol. The number of alkyl carbamates (subject to hydrolysis) is 1. The van der Waals surface area contributed by atoms with E-state index in [1.165, 1.54) is 0 Å². The molecule has 1 atom stereocenters. The molecule has 114 valence electrons. The first kappa shape index (κ1) is 18.4. The zero-order valence-electron chi connectivity index (χ0n) is 12.7. The molecule has 0 aliphatic rings. The summed E-state index contributed by atoms with van der Waals surface area (Å²) >= 11 is 0. The van der Waals surface area contributed by atoms with Crippen molar-refractivity contribution in [1.29, 1.82) is 0 Å². The maximum absolute atomic E-state index is 11.4. The van der Waals surface area contributed by atoms with Gasteiger partial charge in [-0.15, -0.1) is 13.2 Å². The SMILES string of the molecule is C=CCCCNC(=O)OC/C(C)=C\CCC(C=C)OC. The highest BCUT2D eigenvalue weighted by Gasteiger charge is 2.02. The van der Waals surface area contributed by atoms with E-state index in [4.69, 9.17) is 9.47 Å². The smallest absolute Gasteiger partial charge is 0.407 e. The van der Waals surface area contributed by atoms with E-state index < -0.39 is 0 Å². The summed E-state index contributed by atoms with van der Waals surface area (Å²) in [5.74, 6) is 0. The zero-order chi connectivity index (χ0) is 15.2. The normalized spacial score (nSPS) is 12.6. The van der Waals surface area contributed by atoms with E-state index in [-0.39, 0.29) is 12.2 Å². The number of carbonyl (C=O) groups excluding carboxylic acids is 1. The van der Waals surface area contributed by atoms with Gasteiger partial charge in [-0.2, -0.15) is 0 Å². The van der Waals surface area contributed by atoms with Gasteiger partial charge >= 0.3 is 6.09 Å². The molecule has 1 N–H and O–H groups in total. The highest BCUT2D eigenvalue weighted by Crippen LogP contribution is 2.05. The van der Waals surface area contributed by atoms with Gasteiger partial charge in [0.2, 0.25) is 0 Å². The number of ether oxygens (including phenoxy) is 2. The standard InChI is InChI=1S/C16H27NO3/c1-5-7-8-12-17-16(18)20-13-14(3)10-9-11-15(6-2)19-4/h5-6,10,15H,1-2,7-9,11-13H2,3-4H3,(H,17,18)/b14-10-. The van der Waals surface area contributed by atoms with E-state index in [0.717, 1.165) is 31.3 Å². The van der Waals surface area contributed by atoms with Crippen LogP contribution in [-0.2, 0) is 9.47 Å². The number of unbranched alkanes of at least 4 members (excludes halogenated alkanes) is 1. The number of nitrogens with one attached hydrogen (secondary N) is 1. The van der Waals surface area contributed by atoms with Crippen molar-refractivity contribution in [3.8, 4) is 0 Å². The largest absolute Gasteiger partial charge is 0.445 e. The molecular formula is C16H27NO3. The number of carbonyl (C=O) groups is 1. The van der Waals surface area contributed by atoms with Gasteiger partial charge < -0.3 is 14.8 Å². The molecule has 4 heteroatoms. The van der Waals surface area contributed by atoms with Crippen LogP contribution in [0.2, 0.25) is 0 Å². The average Bonchev–Trinajstić information content (AvgIpc) is 2.46. The highest BCUT2D eigenvalue weighted by molar-refractivity contribution is 5.67. The lowest BCUT2D eigenvalue weighted by Gasteiger charge is -2.09. The van der Waals surface area contributed by atoms with Crippen molar-refractivity contribution in [2.24, 2.45) is 0 Å². The minimum atomic E-state index is -0.373. The van der Waals surface area contributed by atoms with Gasteiger partial charge in [-0.05, 0) is 38.2 Å². The van der Waals surface area contributed by atoms with Crippen LogP contribution < -0.4 is 5.32 Å². The molecule has 0 aromatic heterocycles. The lowest BCUT2D eigenvalue weighted by atomic mass is 10.1. The quantitative estimate of drug-likeness (QED) is 0.465. The molecular weight excluding hydrogens is 254 g/mol. The fourth-order valence-corrected chi connectivity index (χ4v) is 1.55. The fourth-order valence-electron chi connectivity index (χ4n) is 1.55. The summed E-state index contributed by atoms with van der Waals surface area (Å²) in [5, 5.41) is 2.70. The van der Waals surface area contributed by atoms with Crippen molar-refractivity contribution in [3.05, 3.63) is 37.0 Å². The molecule has 0 saturated heterocycles. The molecule has 0 aliphatic carbocycles. The van der Waals surface area contributed by atoms with Crippen LogP contribution in [-0.4, -0.2) is 32.5 Å². The Bertz CT molecular complexity index is 324. The predicted octanol–water partition coefficient (Wildman–Crippen LogP) is 3.61. The molecule has 0 radical (unpaired) electrons. The summed E-state index contributed by atoms with van der Waals surface area (Å²) in [7, 11) is 1.67. The number of amides is 1. The topological polar surface area (TPSA) is 47.6 Å². The Labute approximate surface area is 122 Å². The zero-order valence-corrected chi connectivity index (χ0v) is 12.7. The van der Waals surface area contributed by atoms with Crippen LogP contribution in [0.25, 0.3) is 0 Å². The van der Waals surface area contributed by atoms with E-state index in [9.17, 15) is 4.79 Å². The first-order valence-corrected chi connectivity index (χ1v) is 6.96. The van der Waals surface area contributed by atoms with E-state index in [1.54, 1.807) is 13.2 Å². The lowest BCUT2D eigenvalue weighted by molar-refractivity contribution is 0.134. The Morgan fingerprint density at radius 2 is 2.10 bits per heavy atom. The second kappa shape index (κ2) is 12.5. The van der Waals surface area contributed by atoms with Gasteiger partial charge in [0.25, 0.3) is 0 Å². The number of methoxy groups -OCH3 is 1. The first-order chi connectivity index (χ1) is 9.63. The molecule has 4 nitrogen and oxygen atoms in total. The van der Waals surface area contributed by atoms with Gasteiger partial charge in [0.1, 0.15) is 6.61 Å². The Morgan fingerprint density at radius 1 is 1.35 bits per heavy atom. The fraction of sp³-hybridized carbons (Fsp3) is 0.562. The summed E-state index contributed by atoms with van der Waals surface area (Å²) in [4.78, 5) is 11.4. The molecule has 0 aromatic rings. The van der Waals surface area contributed by atoms with Gasteiger partial charge in [-0.3, -0.25) is 0 Å². The van der Waals surface area contributed by atoms with Crippen molar-refractivity contribution in [2.75, 3.05) is 20.3 Å². The van der Waals surface area contributed by atoms with Gasteiger partial charge in [0.15, 0.2) is 0 Å². The number of hydrogen-bond acceptors (Lipinski definition) is 3. The molecule has 0 aromatic carbocycles. The Balaban J connectivity index is 3.74. The van der Waals surface area contributed by atoms with Crippen molar-refractivity contribution in [2.45, 2.75) is 38.7 Å². The molecule has 1 unspecified atom stereocenters. The van der Waals surface area contributed by atoms with Gasteiger partial charge in [-0.1, -0.05) is 18.2 Å². The van der Waals surface area contributed by atoms with Crippen molar-refractivity contribution in [1.82, 2.24) is 5.32 Å². The highest BCUT2D eigenvalue weighted by atomic mass is 16.5. The third kappa shape index (κ3) is 10.4. The lowest BCUT2D eigenvalue weighted by Crippen LogP contribution is -2.25. The van der Waals surface area contributed by atoms with E-state index in [1.807, 2.05) is 13.0 Å². The summed E-state index contributed by atoms with van der Waals surface area (Å²) in [6, 6.07) is 0. The van der Waals surface area contributed by atoms with Crippen LogP contribution in [0, 0.1) is 0 Å². The van der Waals surface area contributed by atoms with Crippen LogP contribution in [0.5, 0.6) is 0 Å². The molecule has 0 saturated carbocycles. The minimum absolute atomic E-state index is 0.0770. The molecule has 0 aliphatic heterocycles. The van der Waals surface area contributed by atoms with Crippen molar-refractivity contribution < 1.29 is 14.3 Å². The Morgan fingerprint density at radius 3 is 2.70 bits per heavy atom. The molecule has 1 amide bonds. The number of allylic oxidation sites excluding steroid dienone is 2. The number of rotatable bonds is 11. The molecule has 0 fully saturated rings. The second-order valence-electron chi connectivity index (χ2n) is 4.57. The summed E-state index contributed by atoms with van der Waals surface area (Å²) in [5.41, 5.74) is 1.03. The van der Waals surface area contributed by atoms with Crippen LogP contribution in [0.1, 0.15) is 32.6 Å². The van der Waals surface area contributed by atoms with Crippen LogP contribution in [0.15, 0.2) is 37.0 Å². The molecule has 0 heterocycles. The van der Waals surface area contributed by atoms with Crippen molar-refractivity contribution in [3.63, 3.8) is 0 Å². The van der Waals surface area contributed by atoms with Gasteiger partial charge in [0, 0.05) is 13.7 Å². The van der Waals surface area contributed by atoms with E-state index in [2.05, 4.69) is 24.6 Å². The minimum Gasteiger partial charge on any atom is -0.445 e. The van der Waals surface area contributed by atoms with Crippen molar-refractivity contribution >= 4 is 6.09 Å². The summed E-state index contributed by atoms with van der Waals surface area (Å²) in [6.07, 6.45) is 8.91. The molecule has 20 heavy (non-hydrogen) atoms. The van der Waals surface area contributed by atoms with Crippen LogP contribution >= 0.6 is 0 Å². The Kier molecular flexibility index (Phi) is 11.5. The third-order valence-corrected chi connectivity index (χ3v) is 2.79. The van der Waals surface area contributed by atoms with Gasteiger partial charge in [-0.25, -0.2) is 4.79 Å². The maximum atomic E-state index is 11.4. The molecule has 0 bridgehead atoms. The summed E-state index contributed by atoms with van der Waals surface area (Å²) < 4.78 is 10.3. The number of hydrogen-bond donors (Lipinski definition) is 1. The second-order valence-corrected chi connectivity index (χ2v) is 4.57. The maximum Gasteiger partial charge on any atom is 0.407 e. The van der Waals surface area contributed by atoms with Gasteiger partial charge in [0.05, 0.1) is 6.10 Å². The Hall–Kier alpha value is -1.55. The van der Waals surface area contributed by atoms with Crippen LogP contribution in [0.4, 0.5) is 4.79 Å². The molecule has 0 spiro atoms. The third-order valence-electron chi connectivity index (χ3n) is 2.79.